The fraction of sp³-hybridized carbons (Fsp3) is 0.909. The van der Waals surface area contributed by atoms with Crippen molar-refractivity contribution in [2.45, 2.75) is 53.4 Å². The summed E-state index contributed by atoms with van der Waals surface area (Å²) in [4.78, 5) is 10.9. The van der Waals surface area contributed by atoms with Crippen molar-refractivity contribution in [3.05, 3.63) is 0 Å². The van der Waals surface area contributed by atoms with Crippen LogP contribution in [0.3, 0.4) is 0 Å². The predicted molar refractivity (Wildman–Crippen MR) is 56.6 cm³/mol. The maximum absolute atomic E-state index is 10.9. The van der Waals surface area contributed by atoms with Crippen molar-refractivity contribution in [2.75, 3.05) is 6.54 Å². The summed E-state index contributed by atoms with van der Waals surface area (Å²) < 4.78 is 0. The Labute approximate surface area is 82.1 Å². The van der Waals surface area contributed by atoms with Gasteiger partial charge in [0.1, 0.15) is 0 Å². The SMILES string of the molecule is CCC(=O)NCCCC(C)(C)CC. The molecule has 0 aliphatic carbocycles. The molecule has 0 aliphatic heterocycles. The number of carbonyl (C=O) groups excluding carboxylic acids is 1. The van der Waals surface area contributed by atoms with Crippen LogP contribution >= 0.6 is 0 Å². The Kier molecular flexibility index (Phi) is 5.76. The van der Waals surface area contributed by atoms with E-state index in [1.54, 1.807) is 0 Å². The van der Waals surface area contributed by atoms with Crippen LogP contribution in [0.2, 0.25) is 0 Å². The zero-order valence-electron chi connectivity index (χ0n) is 9.44. The van der Waals surface area contributed by atoms with E-state index in [0.717, 1.165) is 13.0 Å². The van der Waals surface area contributed by atoms with E-state index in [9.17, 15) is 4.79 Å². The van der Waals surface area contributed by atoms with Crippen LogP contribution < -0.4 is 5.32 Å². The molecule has 0 unspecified atom stereocenters. The number of amides is 1. The van der Waals surface area contributed by atoms with E-state index in [1.807, 2.05) is 6.92 Å². The number of hydrogen-bond donors (Lipinski definition) is 1. The van der Waals surface area contributed by atoms with Gasteiger partial charge >= 0.3 is 0 Å². The third-order valence-electron chi connectivity index (χ3n) is 2.63. The summed E-state index contributed by atoms with van der Waals surface area (Å²) in [5.41, 5.74) is 0.428. The Bertz CT molecular complexity index is 152. The topological polar surface area (TPSA) is 29.1 Å². The fourth-order valence-corrected chi connectivity index (χ4v) is 1.10. The molecule has 1 N–H and O–H groups in total. The van der Waals surface area contributed by atoms with E-state index in [4.69, 9.17) is 0 Å². The molecule has 0 aromatic heterocycles. The highest BCUT2D eigenvalue weighted by Gasteiger charge is 2.13. The summed E-state index contributed by atoms with van der Waals surface area (Å²) >= 11 is 0. The number of hydrogen-bond acceptors (Lipinski definition) is 1. The van der Waals surface area contributed by atoms with Gasteiger partial charge in [0.05, 0.1) is 0 Å². The van der Waals surface area contributed by atoms with Crippen molar-refractivity contribution in [2.24, 2.45) is 5.41 Å². The molecule has 0 radical (unpaired) electrons. The van der Waals surface area contributed by atoms with Crippen LogP contribution in [0.5, 0.6) is 0 Å². The molecule has 0 bridgehead atoms. The van der Waals surface area contributed by atoms with Crippen LogP contribution in [0.4, 0.5) is 0 Å². The minimum Gasteiger partial charge on any atom is -0.356 e. The Balaban J connectivity index is 3.41. The van der Waals surface area contributed by atoms with Gasteiger partial charge in [-0.2, -0.15) is 0 Å². The van der Waals surface area contributed by atoms with E-state index in [1.165, 1.54) is 12.8 Å². The number of carbonyl (C=O) groups is 1. The first-order chi connectivity index (χ1) is 6.02. The molecular formula is C11H23NO. The van der Waals surface area contributed by atoms with Crippen molar-refractivity contribution in [1.29, 1.82) is 0 Å². The minimum atomic E-state index is 0.161. The molecule has 0 rings (SSSR count). The molecule has 0 saturated heterocycles. The monoisotopic (exact) mass is 185 g/mol. The highest BCUT2D eigenvalue weighted by molar-refractivity contribution is 5.75. The lowest BCUT2D eigenvalue weighted by molar-refractivity contribution is -0.120. The van der Waals surface area contributed by atoms with Gasteiger partial charge in [-0.15, -0.1) is 0 Å². The second-order valence-corrected chi connectivity index (χ2v) is 4.32. The Morgan fingerprint density at radius 1 is 1.31 bits per heavy atom. The largest absolute Gasteiger partial charge is 0.356 e. The second kappa shape index (κ2) is 6.01. The average Bonchev–Trinajstić information content (AvgIpc) is 2.12. The lowest BCUT2D eigenvalue weighted by atomic mass is 9.85. The molecule has 0 heterocycles. The lowest BCUT2D eigenvalue weighted by Gasteiger charge is -2.22. The molecule has 13 heavy (non-hydrogen) atoms. The quantitative estimate of drug-likeness (QED) is 0.633. The smallest absolute Gasteiger partial charge is 0.219 e. The van der Waals surface area contributed by atoms with E-state index in [-0.39, 0.29) is 5.91 Å². The molecule has 78 valence electrons. The van der Waals surface area contributed by atoms with Gasteiger partial charge in [-0.05, 0) is 18.3 Å². The van der Waals surface area contributed by atoms with Gasteiger partial charge in [0.2, 0.25) is 5.91 Å². The molecule has 0 aromatic rings. The molecule has 2 nitrogen and oxygen atoms in total. The van der Waals surface area contributed by atoms with Crippen LogP contribution in [-0.4, -0.2) is 12.5 Å². The van der Waals surface area contributed by atoms with Crippen molar-refractivity contribution in [1.82, 2.24) is 5.32 Å². The van der Waals surface area contributed by atoms with Crippen LogP contribution in [0.15, 0.2) is 0 Å². The van der Waals surface area contributed by atoms with E-state index < -0.39 is 0 Å². The second-order valence-electron chi connectivity index (χ2n) is 4.32. The van der Waals surface area contributed by atoms with Gasteiger partial charge < -0.3 is 5.32 Å². The lowest BCUT2D eigenvalue weighted by Crippen LogP contribution is -2.24. The summed E-state index contributed by atoms with van der Waals surface area (Å²) in [5.74, 6) is 0.161. The van der Waals surface area contributed by atoms with Crippen LogP contribution in [-0.2, 0) is 4.79 Å². The molecule has 0 fully saturated rings. The van der Waals surface area contributed by atoms with Crippen LogP contribution in [0.25, 0.3) is 0 Å². The van der Waals surface area contributed by atoms with Crippen molar-refractivity contribution >= 4 is 5.91 Å². The molecule has 0 aromatic carbocycles. The molecule has 0 aliphatic rings. The molecule has 0 spiro atoms. The fourth-order valence-electron chi connectivity index (χ4n) is 1.10. The zero-order valence-corrected chi connectivity index (χ0v) is 9.44. The maximum Gasteiger partial charge on any atom is 0.219 e. The third kappa shape index (κ3) is 6.62. The normalized spacial score (nSPS) is 11.4. The first-order valence-corrected chi connectivity index (χ1v) is 5.28. The highest BCUT2D eigenvalue weighted by Crippen LogP contribution is 2.25. The van der Waals surface area contributed by atoms with Crippen LogP contribution in [0.1, 0.15) is 53.4 Å². The summed E-state index contributed by atoms with van der Waals surface area (Å²) in [6.45, 7) is 9.47. The summed E-state index contributed by atoms with van der Waals surface area (Å²) in [5, 5.41) is 2.89. The molecule has 0 atom stereocenters. The minimum absolute atomic E-state index is 0.161. The van der Waals surface area contributed by atoms with E-state index >= 15 is 0 Å². The number of rotatable bonds is 6. The standard InChI is InChI=1S/C11H23NO/c1-5-10(13)12-9-7-8-11(3,4)6-2/h5-9H2,1-4H3,(H,12,13). The first kappa shape index (κ1) is 12.5. The van der Waals surface area contributed by atoms with Gasteiger partial charge in [0.15, 0.2) is 0 Å². The Morgan fingerprint density at radius 2 is 1.92 bits per heavy atom. The molecule has 2 heteroatoms. The van der Waals surface area contributed by atoms with Gasteiger partial charge in [-0.3, -0.25) is 4.79 Å². The van der Waals surface area contributed by atoms with Crippen molar-refractivity contribution in [3.63, 3.8) is 0 Å². The zero-order chi connectivity index (χ0) is 10.3. The predicted octanol–water partition coefficient (Wildman–Crippen LogP) is 2.73. The van der Waals surface area contributed by atoms with Gasteiger partial charge in [0.25, 0.3) is 0 Å². The first-order valence-electron chi connectivity index (χ1n) is 5.28. The summed E-state index contributed by atoms with van der Waals surface area (Å²) in [6.07, 6.45) is 4.08. The molecule has 0 saturated carbocycles. The van der Waals surface area contributed by atoms with Crippen molar-refractivity contribution in [3.8, 4) is 0 Å². The molecular weight excluding hydrogens is 162 g/mol. The van der Waals surface area contributed by atoms with Crippen molar-refractivity contribution < 1.29 is 4.79 Å². The number of nitrogens with one attached hydrogen (secondary N) is 1. The maximum atomic E-state index is 10.9. The van der Waals surface area contributed by atoms with E-state index in [2.05, 4.69) is 26.1 Å². The third-order valence-corrected chi connectivity index (χ3v) is 2.63. The highest BCUT2D eigenvalue weighted by atomic mass is 16.1. The Morgan fingerprint density at radius 3 is 2.38 bits per heavy atom. The Hall–Kier alpha value is -0.530. The van der Waals surface area contributed by atoms with Crippen LogP contribution in [0, 0.1) is 5.41 Å². The van der Waals surface area contributed by atoms with Gasteiger partial charge in [-0.1, -0.05) is 34.1 Å². The van der Waals surface area contributed by atoms with Gasteiger partial charge in [0, 0.05) is 13.0 Å². The molecule has 1 amide bonds. The van der Waals surface area contributed by atoms with Gasteiger partial charge in [-0.25, -0.2) is 0 Å². The van der Waals surface area contributed by atoms with E-state index in [0.29, 0.717) is 11.8 Å². The summed E-state index contributed by atoms with van der Waals surface area (Å²) in [7, 11) is 0. The summed E-state index contributed by atoms with van der Waals surface area (Å²) in [6, 6.07) is 0. The average molecular weight is 185 g/mol.